The maximum absolute atomic E-state index is 14.0. The van der Waals surface area contributed by atoms with Gasteiger partial charge in [0.1, 0.15) is 18.1 Å². The standard InChI is InChI=1S/C34H35ClN4O6S/c1-42-25-13-11-24(12-14-25)39-34-31(32(37-39)21-6-9-23(35)10-7-21)33(22-8-15-27(43-2)28(17-22)44-3)46-20-30(41)38(34)19-29(40)36-18-26-5-4-16-45-26/h6-15,17,26,33H,4-5,16,18-20H2,1-3H3,(H,36,40)/t26-,33+/m1/s1. The number of carbonyl (C=O) groups excluding carboxylic acids is 2. The minimum Gasteiger partial charge on any atom is -0.497 e. The van der Waals surface area contributed by atoms with Gasteiger partial charge in [-0.1, -0.05) is 29.8 Å². The van der Waals surface area contributed by atoms with Crippen molar-refractivity contribution in [3.63, 3.8) is 0 Å². The molecule has 0 unspecified atom stereocenters. The summed E-state index contributed by atoms with van der Waals surface area (Å²) in [4.78, 5) is 29.0. The highest BCUT2D eigenvalue weighted by Gasteiger charge is 2.38. The second-order valence-electron chi connectivity index (χ2n) is 10.9. The molecular formula is C34H35ClN4O6S. The Bertz CT molecular complexity index is 1710. The van der Waals surface area contributed by atoms with Crippen LogP contribution in [0.25, 0.3) is 16.9 Å². The van der Waals surface area contributed by atoms with E-state index in [1.165, 1.54) is 11.8 Å². The summed E-state index contributed by atoms with van der Waals surface area (Å²) < 4.78 is 24.0. The van der Waals surface area contributed by atoms with Gasteiger partial charge in [-0.25, -0.2) is 4.68 Å². The van der Waals surface area contributed by atoms with Crippen molar-refractivity contribution in [2.24, 2.45) is 0 Å². The van der Waals surface area contributed by atoms with Crippen LogP contribution in [0.4, 0.5) is 5.82 Å². The molecule has 0 radical (unpaired) electrons. The van der Waals surface area contributed by atoms with E-state index in [1.54, 1.807) is 30.9 Å². The number of nitrogens with zero attached hydrogens (tertiary/aromatic N) is 3. The van der Waals surface area contributed by atoms with Gasteiger partial charge < -0.3 is 24.3 Å². The molecule has 3 heterocycles. The number of methoxy groups -OCH3 is 3. The summed E-state index contributed by atoms with van der Waals surface area (Å²) in [6, 6.07) is 20.6. The van der Waals surface area contributed by atoms with E-state index >= 15 is 0 Å². The Kier molecular flexibility index (Phi) is 9.72. The van der Waals surface area contributed by atoms with Gasteiger partial charge in [-0.3, -0.25) is 14.5 Å². The summed E-state index contributed by atoms with van der Waals surface area (Å²) in [5.41, 5.74) is 3.86. The highest BCUT2D eigenvalue weighted by molar-refractivity contribution is 8.00. The molecule has 2 aliphatic heterocycles. The highest BCUT2D eigenvalue weighted by Crippen LogP contribution is 2.49. The maximum atomic E-state index is 14.0. The fourth-order valence-corrected chi connectivity index (χ4v) is 7.07. The lowest BCUT2D eigenvalue weighted by Crippen LogP contribution is -2.44. The number of amides is 2. The first-order chi connectivity index (χ1) is 22.4. The van der Waals surface area contributed by atoms with Crippen molar-refractivity contribution in [3.8, 4) is 34.2 Å². The van der Waals surface area contributed by atoms with Crippen LogP contribution in [0.5, 0.6) is 17.2 Å². The van der Waals surface area contributed by atoms with Gasteiger partial charge in [0.2, 0.25) is 11.8 Å². The summed E-state index contributed by atoms with van der Waals surface area (Å²) >= 11 is 7.76. The quantitative estimate of drug-likeness (QED) is 0.231. The number of carbonyl (C=O) groups is 2. The van der Waals surface area contributed by atoms with Crippen molar-refractivity contribution in [1.29, 1.82) is 0 Å². The molecule has 2 atom stereocenters. The van der Waals surface area contributed by atoms with Crippen LogP contribution in [-0.4, -0.2) is 74.5 Å². The predicted molar refractivity (Wildman–Crippen MR) is 179 cm³/mol. The van der Waals surface area contributed by atoms with Gasteiger partial charge in [0.05, 0.1) is 49.8 Å². The Morgan fingerprint density at radius 3 is 2.46 bits per heavy atom. The lowest BCUT2D eigenvalue weighted by atomic mass is 9.99. The summed E-state index contributed by atoms with van der Waals surface area (Å²) in [5, 5.41) is 8.35. The number of halogens is 1. The molecule has 1 N–H and O–H groups in total. The predicted octanol–water partition coefficient (Wildman–Crippen LogP) is 5.68. The molecule has 0 spiro atoms. The van der Waals surface area contributed by atoms with Crippen LogP contribution in [0.3, 0.4) is 0 Å². The number of anilines is 1. The molecule has 1 aromatic heterocycles. The third-order valence-corrected chi connectivity index (χ3v) is 9.59. The molecule has 240 valence electrons. The summed E-state index contributed by atoms with van der Waals surface area (Å²) in [6.07, 6.45) is 1.84. The Labute approximate surface area is 276 Å². The molecule has 0 aliphatic carbocycles. The van der Waals surface area contributed by atoms with Gasteiger partial charge in [-0.05, 0) is 66.9 Å². The third-order valence-electron chi connectivity index (χ3n) is 8.09. The van der Waals surface area contributed by atoms with Gasteiger partial charge >= 0.3 is 0 Å². The van der Waals surface area contributed by atoms with Gasteiger partial charge in [-0.15, -0.1) is 11.8 Å². The Balaban J connectivity index is 1.54. The zero-order valence-electron chi connectivity index (χ0n) is 25.8. The smallest absolute Gasteiger partial charge is 0.240 e. The number of aromatic nitrogens is 2. The number of hydrogen-bond acceptors (Lipinski definition) is 8. The number of benzene rings is 3. The highest BCUT2D eigenvalue weighted by atomic mass is 35.5. The molecule has 3 aromatic carbocycles. The van der Waals surface area contributed by atoms with Crippen LogP contribution < -0.4 is 24.4 Å². The second kappa shape index (κ2) is 14.1. The number of ether oxygens (including phenoxy) is 4. The van der Waals surface area contributed by atoms with Crippen LogP contribution in [-0.2, 0) is 14.3 Å². The molecule has 4 aromatic rings. The van der Waals surface area contributed by atoms with E-state index in [-0.39, 0.29) is 35.5 Å². The van der Waals surface area contributed by atoms with E-state index in [2.05, 4.69) is 5.32 Å². The molecular weight excluding hydrogens is 628 g/mol. The van der Waals surface area contributed by atoms with E-state index in [9.17, 15) is 9.59 Å². The van der Waals surface area contributed by atoms with Gasteiger partial charge in [0.15, 0.2) is 11.5 Å². The zero-order valence-corrected chi connectivity index (χ0v) is 27.4. The number of fused-ring (bicyclic) bond motifs is 1. The fourth-order valence-electron chi connectivity index (χ4n) is 5.76. The van der Waals surface area contributed by atoms with E-state index in [0.717, 1.165) is 29.5 Å². The number of rotatable bonds is 10. The van der Waals surface area contributed by atoms with Crippen molar-refractivity contribution < 1.29 is 28.5 Å². The lowest BCUT2D eigenvalue weighted by molar-refractivity contribution is -0.123. The molecule has 0 bridgehead atoms. The fraction of sp³-hybridized carbons (Fsp3) is 0.324. The second-order valence-corrected chi connectivity index (χ2v) is 12.5. The summed E-state index contributed by atoms with van der Waals surface area (Å²) in [6.45, 7) is 0.905. The van der Waals surface area contributed by atoms with Crippen molar-refractivity contribution in [3.05, 3.63) is 82.9 Å². The van der Waals surface area contributed by atoms with Crippen LogP contribution in [0, 0.1) is 0 Å². The molecule has 10 nitrogen and oxygen atoms in total. The molecule has 46 heavy (non-hydrogen) atoms. The van der Waals surface area contributed by atoms with E-state index in [0.29, 0.717) is 52.6 Å². The first kappa shape index (κ1) is 31.8. The van der Waals surface area contributed by atoms with E-state index in [1.807, 2.05) is 66.7 Å². The van der Waals surface area contributed by atoms with Crippen molar-refractivity contribution in [2.45, 2.75) is 24.2 Å². The van der Waals surface area contributed by atoms with Gasteiger partial charge in [-0.2, -0.15) is 5.10 Å². The lowest BCUT2D eigenvalue weighted by Gasteiger charge is -2.24. The van der Waals surface area contributed by atoms with Crippen LogP contribution in [0.1, 0.15) is 29.2 Å². The minimum atomic E-state index is -0.351. The van der Waals surface area contributed by atoms with Crippen molar-refractivity contribution in [1.82, 2.24) is 15.1 Å². The Hall–Kier alpha value is -4.19. The third kappa shape index (κ3) is 6.53. The summed E-state index contributed by atoms with van der Waals surface area (Å²) in [5.74, 6) is 2.00. The number of hydrogen-bond donors (Lipinski definition) is 1. The minimum absolute atomic E-state index is 0.0225. The Morgan fingerprint density at radius 2 is 1.78 bits per heavy atom. The molecule has 2 amide bonds. The maximum Gasteiger partial charge on any atom is 0.240 e. The Morgan fingerprint density at radius 1 is 1.02 bits per heavy atom. The first-order valence-corrected chi connectivity index (χ1v) is 16.4. The first-order valence-electron chi connectivity index (χ1n) is 15.0. The van der Waals surface area contributed by atoms with E-state index < -0.39 is 0 Å². The number of thioether (sulfide) groups is 1. The van der Waals surface area contributed by atoms with Crippen LogP contribution >= 0.6 is 23.4 Å². The molecule has 1 saturated heterocycles. The normalized spacial score (nSPS) is 17.7. The van der Waals surface area contributed by atoms with Crippen molar-refractivity contribution in [2.75, 3.05) is 51.7 Å². The molecule has 12 heteroatoms. The van der Waals surface area contributed by atoms with Crippen LogP contribution in [0.15, 0.2) is 66.7 Å². The monoisotopic (exact) mass is 662 g/mol. The van der Waals surface area contributed by atoms with Crippen molar-refractivity contribution >= 4 is 41.0 Å². The molecule has 6 rings (SSSR count). The largest absolute Gasteiger partial charge is 0.497 e. The SMILES string of the molecule is COc1ccc(-n2nc(-c3ccc(Cl)cc3)c3c2N(CC(=O)NC[C@H]2CCCO2)C(=O)CS[C@H]3c2ccc(OC)c(OC)c2)cc1. The molecule has 2 aliphatic rings. The molecule has 1 fully saturated rings. The summed E-state index contributed by atoms with van der Waals surface area (Å²) in [7, 11) is 4.79. The van der Waals surface area contributed by atoms with Crippen LogP contribution in [0.2, 0.25) is 5.02 Å². The molecule has 0 saturated carbocycles. The van der Waals surface area contributed by atoms with Gasteiger partial charge in [0, 0.05) is 29.3 Å². The number of nitrogens with one attached hydrogen (secondary N) is 1. The average molecular weight is 663 g/mol. The average Bonchev–Trinajstić information content (AvgIpc) is 3.72. The van der Waals surface area contributed by atoms with Gasteiger partial charge in [0.25, 0.3) is 0 Å². The van der Waals surface area contributed by atoms with E-state index in [4.69, 9.17) is 35.6 Å². The zero-order chi connectivity index (χ0) is 32.2. The topological polar surface area (TPSA) is 104 Å².